The van der Waals surface area contributed by atoms with Crippen LogP contribution >= 0.6 is 0 Å². The van der Waals surface area contributed by atoms with Gasteiger partial charge < -0.3 is 4.74 Å². The normalized spacial score (nSPS) is 11.1. The number of imidazole rings is 1. The van der Waals surface area contributed by atoms with Gasteiger partial charge in [-0.2, -0.15) is 0 Å². The largest absolute Gasteiger partial charge is 0.487 e. The Balaban J connectivity index is 2.29. The number of alkyl halides is 2. The Morgan fingerprint density at radius 2 is 2.35 bits per heavy atom. The van der Waals surface area contributed by atoms with E-state index in [-0.39, 0.29) is 5.78 Å². The van der Waals surface area contributed by atoms with Crippen LogP contribution in [0.1, 0.15) is 17.4 Å². The third-order valence-corrected chi connectivity index (χ3v) is 2.22. The molecule has 0 bridgehead atoms. The van der Waals surface area contributed by atoms with Crippen molar-refractivity contribution in [1.82, 2.24) is 9.38 Å². The number of ketones is 1. The zero-order valence-corrected chi connectivity index (χ0v) is 9.06. The van der Waals surface area contributed by atoms with Gasteiger partial charge in [0.2, 0.25) is 0 Å². The average molecular weight is 240 g/mol. The van der Waals surface area contributed by atoms with Crippen LogP contribution in [0.5, 0.6) is 5.75 Å². The van der Waals surface area contributed by atoms with E-state index in [9.17, 15) is 13.6 Å². The highest BCUT2D eigenvalue weighted by atomic mass is 19.3. The van der Waals surface area contributed by atoms with Crippen LogP contribution in [0.25, 0.3) is 5.65 Å². The Labute approximate surface area is 95.8 Å². The fourth-order valence-corrected chi connectivity index (χ4v) is 1.47. The zero-order valence-electron chi connectivity index (χ0n) is 9.06. The Morgan fingerprint density at radius 3 is 3.00 bits per heavy atom. The van der Waals surface area contributed by atoms with E-state index in [2.05, 4.69) is 4.98 Å². The molecular weight excluding hydrogens is 230 g/mol. The Kier molecular flexibility index (Phi) is 3.03. The summed E-state index contributed by atoms with van der Waals surface area (Å²) in [5, 5.41) is 0. The van der Waals surface area contributed by atoms with E-state index in [1.165, 1.54) is 25.3 Å². The smallest absolute Gasteiger partial charge is 0.272 e. The maximum Gasteiger partial charge on any atom is 0.272 e. The summed E-state index contributed by atoms with van der Waals surface area (Å²) in [6, 6.07) is 3.03. The lowest BCUT2D eigenvalue weighted by molar-refractivity contribution is 0.0819. The molecule has 0 spiro atoms. The maximum atomic E-state index is 12.0. The molecule has 0 aliphatic carbocycles. The number of hydrogen-bond donors (Lipinski definition) is 0. The summed E-state index contributed by atoms with van der Waals surface area (Å²) >= 11 is 0. The molecule has 0 atom stereocenters. The van der Waals surface area contributed by atoms with Crippen LogP contribution < -0.4 is 4.74 Å². The van der Waals surface area contributed by atoms with E-state index in [4.69, 9.17) is 4.74 Å². The zero-order chi connectivity index (χ0) is 12.4. The summed E-state index contributed by atoms with van der Waals surface area (Å²) in [4.78, 5) is 15.2. The molecule has 4 nitrogen and oxygen atoms in total. The molecule has 2 heterocycles. The number of Topliss-reactive ketones (excluding diaryl/α,β-unsaturated/α-hetero) is 1. The molecule has 2 rings (SSSR count). The predicted octanol–water partition coefficient (Wildman–Crippen LogP) is 2.18. The summed E-state index contributed by atoms with van der Waals surface area (Å²) in [7, 11) is 0. The van der Waals surface area contributed by atoms with Crippen molar-refractivity contribution in [3.63, 3.8) is 0 Å². The summed E-state index contributed by atoms with van der Waals surface area (Å²) in [5.74, 6) is 0.192. The Hall–Kier alpha value is -1.98. The first-order valence-corrected chi connectivity index (χ1v) is 4.97. The number of carbonyl (C=O) groups is 1. The monoisotopic (exact) mass is 240 g/mol. The quantitative estimate of drug-likeness (QED) is 0.769. The number of carbonyl (C=O) groups excluding carboxylic acids is 1. The summed E-state index contributed by atoms with van der Waals surface area (Å²) in [6.45, 7) is 0.779. The van der Waals surface area contributed by atoms with Gasteiger partial charge in [0.15, 0.2) is 5.78 Å². The lowest BCUT2D eigenvalue weighted by Crippen LogP contribution is -2.07. The van der Waals surface area contributed by atoms with Crippen LogP contribution in [-0.2, 0) is 0 Å². The van der Waals surface area contributed by atoms with Gasteiger partial charge in [0, 0.05) is 19.2 Å². The number of fused-ring (bicyclic) bond motifs is 1. The van der Waals surface area contributed by atoms with Gasteiger partial charge in [0.1, 0.15) is 23.7 Å². The van der Waals surface area contributed by atoms with Gasteiger partial charge in [0.25, 0.3) is 6.43 Å². The average Bonchev–Trinajstić information content (AvgIpc) is 2.69. The topological polar surface area (TPSA) is 43.6 Å². The molecule has 17 heavy (non-hydrogen) atoms. The van der Waals surface area contributed by atoms with Crippen LogP contribution in [0, 0.1) is 0 Å². The minimum Gasteiger partial charge on any atom is -0.487 e. The number of pyridine rings is 1. The summed E-state index contributed by atoms with van der Waals surface area (Å²) < 4.78 is 30.3. The molecule has 0 aliphatic rings. The molecule has 2 aromatic heterocycles. The van der Waals surface area contributed by atoms with Gasteiger partial charge in [-0.1, -0.05) is 0 Å². The molecule has 0 saturated carbocycles. The van der Waals surface area contributed by atoms with Gasteiger partial charge in [-0.05, 0) is 6.07 Å². The first-order chi connectivity index (χ1) is 8.08. The van der Waals surface area contributed by atoms with E-state index in [0.717, 1.165) is 0 Å². The summed E-state index contributed by atoms with van der Waals surface area (Å²) in [6.07, 6.45) is 0.493. The molecule has 90 valence electrons. The third-order valence-electron chi connectivity index (χ3n) is 2.22. The molecule has 0 radical (unpaired) electrons. The van der Waals surface area contributed by atoms with Gasteiger partial charge in [-0.15, -0.1) is 0 Å². The van der Waals surface area contributed by atoms with Crippen molar-refractivity contribution < 1.29 is 18.3 Å². The Morgan fingerprint density at radius 1 is 1.59 bits per heavy atom. The van der Waals surface area contributed by atoms with E-state index < -0.39 is 13.0 Å². The summed E-state index contributed by atoms with van der Waals surface area (Å²) in [5.41, 5.74) is 0.933. The second kappa shape index (κ2) is 4.48. The molecule has 6 heteroatoms. The lowest BCUT2D eigenvalue weighted by atomic mass is 10.3. The molecule has 0 amide bonds. The van der Waals surface area contributed by atoms with Crippen molar-refractivity contribution >= 4 is 11.4 Å². The van der Waals surface area contributed by atoms with Crippen molar-refractivity contribution in [3.05, 3.63) is 30.2 Å². The number of aromatic nitrogens is 2. The van der Waals surface area contributed by atoms with Crippen LogP contribution in [0.3, 0.4) is 0 Å². The first kappa shape index (κ1) is 11.5. The van der Waals surface area contributed by atoms with E-state index in [1.807, 2.05) is 0 Å². The molecule has 0 saturated heterocycles. The van der Waals surface area contributed by atoms with Crippen LogP contribution in [0.2, 0.25) is 0 Å². The van der Waals surface area contributed by atoms with Crippen LogP contribution in [0.4, 0.5) is 8.78 Å². The number of hydrogen-bond acceptors (Lipinski definition) is 3. The molecular formula is C11H10F2N2O2. The van der Waals surface area contributed by atoms with Gasteiger partial charge in [0.05, 0.1) is 6.20 Å². The fourth-order valence-electron chi connectivity index (χ4n) is 1.47. The van der Waals surface area contributed by atoms with Crippen molar-refractivity contribution in [2.24, 2.45) is 0 Å². The molecule has 0 unspecified atom stereocenters. The van der Waals surface area contributed by atoms with E-state index in [1.54, 1.807) is 10.6 Å². The molecule has 0 aromatic carbocycles. The van der Waals surface area contributed by atoms with Crippen molar-refractivity contribution in [3.8, 4) is 5.75 Å². The number of rotatable bonds is 4. The fraction of sp³-hybridized carbons (Fsp3) is 0.273. The molecule has 2 aromatic rings. The van der Waals surface area contributed by atoms with Crippen molar-refractivity contribution in [1.29, 1.82) is 0 Å². The van der Waals surface area contributed by atoms with Gasteiger partial charge in [-0.3, -0.25) is 9.20 Å². The van der Waals surface area contributed by atoms with E-state index >= 15 is 0 Å². The van der Waals surface area contributed by atoms with E-state index in [0.29, 0.717) is 17.1 Å². The second-order valence-electron chi connectivity index (χ2n) is 3.49. The van der Waals surface area contributed by atoms with Gasteiger partial charge in [-0.25, -0.2) is 13.8 Å². The molecule has 0 aliphatic heterocycles. The SMILES string of the molecule is CC(=O)c1cnc2cc(OCC(F)F)ccn12. The second-order valence-corrected chi connectivity index (χ2v) is 3.49. The highest BCUT2D eigenvalue weighted by Crippen LogP contribution is 2.16. The third kappa shape index (κ3) is 2.41. The highest BCUT2D eigenvalue weighted by Gasteiger charge is 2.09. The lowest BCUT2D eigenvalue weighted by Gasteiger charge is -2.05. The number of halogens is 2. The highest BCUT2D eigenvalue weighted by molar-refractivity contribution is 5.93. The van der Waals surface area contributed by atoms with Crippen LogP contribution in [0.15, 0.2) is 24.5 Å². The maximum absolute atomic E-state index is 12.0. The van der Waals surface area contributed by atoms with Gasteiger partial charge >= 0.3 is 0 Å². The van der Waals surface area contributed by atoms with Crippen molar-refractivity contribution in [2.45, 2.75) is 13.3 Å². The van der Waals surface area contributed by atoms with Crippen molar-refractivity contribution in [2.75, 3.05) is 6.61 Å². The number of nitrogens with zero attached hydrogens (tertiary/aromatic N) is 2. The minimum atomic E-state index is -2.52. The van der Waals surface area contributed by atoms with Crippen LogP contribution in [-0.4, -0.2) is 28.2 Å². The molecule has 0 N–H and O–H groups in total. The minimum absolute atomic E-state index is 0.112. The molecule has 0 fully saturated rings. The first-order valence-electron chi connectivity index (χ1n) is 4.97. The predicted molar refractivity (Wildman–Crippen MR) is 56.7 cm³/mol. The standard InChI is InChI=1S/C11H10F2N2O2/c1-7(16)9-5-14-11-4-8(2-3-15(9)11)17-6-10(12)13/h2-5,10H,6H2,1H3. The Bertz CT molecular complexity index is 551. The number of ether oxygens (including phenoxy) is 1.